The molecule has 0 amide bonds. The molecule has 5 nitrogen and oxygen atoms in total. The van der Waals surface area contributed by atoms with E-state index < -0.39 is 10.2 Å². The molecular weight excluding hydrogens is 238 g/mol. The molecule has 0 bridgehead atoms. The summed E-state index contributed by atoms with van der Waals surface area (Å²) in [5.74, 6) is 0. The fourth-order valence-corrected chi connectivity index (χ4v) is 2.95. The van der Waals surface area contributed by atoms with Gasteiger partial charge in [-0.3, -0.25) is 0 Å². The van der Waals surface area contributed by atoms with Gasteiger partial charge in [-0.25, -0.2) is 0 Å². The third kappa shape index (κ3) is 5.63. The van der Waals surface area contributed by atoms with E-state index in [-0.39, 0.29) is 0 Å². The van der Waals surface area contributed by atoms with E-state index in [0.29, 0.717) is 19.6 Å². The van der Waals surface area contributed by atoms with Crippen molar-refractivity contribution in [1.29, 1.82) is 0 Å². The lowest BCUT2D eigenvalue weighted by molar-refractivity contribution is 0.373. The molecule has 0 unspecified atom stereocenters. The first kappa shape index (κ1) is 16.6. The molecule has 0 aliphatic carbocycles. The largest absolute Gasteiger partial charge is 0.320 e. The van der Waals surface area contributed by atoms with E-state index in [4.69, 9.17) is 0 Å². The molecule has 0 radical (unpaired) electrons. The van der Waals surface area contributed by atoms with Gasteiger partial charge in [-0.1, -0.05) is 13.0 Å². The highest BCUT2D eigenvalue weighted by Crippen LogP contribution is 2.07. The van der Waals surface area contributed by atoms with Gasteiger partial charge in [0.05, 0.1) is 0 Å². The first-order valence-electron chi connectivity index (χ1n) is 5.97. The van der Waals surface area contributed by atoms with E-state index >= 15 is 0 Å². The number of hydrogen-bond donors (Lipinski definition) is 1. The summed E-state index contributed by atoms with van der Waals surface area (Å²) in [5, 5.41) is 3.00. The van der Waals surface area contributed by atoms with Crippen LogP contribution in [-0.2, 0) is 10.2 Å². The fourth-order valence-electron chi connectivity index (χ4n) is 1.49. The lowest BCUT2D eigenvalue weighted by atomic mass is 10.4. The number of nitrogens with zero attached hydrogens (tertiary/aromatic N) is 2. The van der Waals surface area contributed by atoms with Crippen LogP contribution in [0.15, 0.2) is 12.7 Å². The normalized spacial score (nSPS) is 12.3. The van der Waals surface area contributed by atoms with Crippen LogP contribution in [0.3, 0.4) is 0 Å². The topological polar surface area (TPSA) is 52.7 Å². The van der Waals surface area contributed by atoms with Gasteiger partial charge in [0, 0.05) is 26.7 Å². The van der Waals surface area contributed by atoms with E-state index in [1.807, 2.05) is 14.0 Å². The van der Waals surface area contributed by atoms with Crippen molar-refractivity contribution in [3.63, 3.8) is 0 Å². The van der Waals surface area contributed by atoms with Crippen molar-refractivity contribution in [3.05, 3.63) is 12.7 Å². The Morgan fingerprint density at radius 3 is 2.47 bits per heavy atom. The summed E-state index contributed by atoms with van der Waals surface area (Å²) >= 11 is 0. The third-order valence-electron chi connectivity index (χ3n) is 2.43. The van der Waals surface area contributed by atoms with Crippen LogP contribution >= 0.6 is 0 Å². The smallest absolute Gasteiger partial charge is 0.282 e. The van der Waals surface area contributed by atoms with Gasteiger partial charge in [0.25, 0.3) is 10.2 Å². The fraction of sp³-hybridized carbons (Fsp3) is 0.818. The second-order valence-electron chi connectivity index (χ2n) is 3.93. The van der Waals surface area contributed by atoms with E-state index in [1.165, 1.54) is 8.61 Å². The zero-order valence-electron chi connectivity index (χ0n) is 11.1. The maximum absolute atomic E-state index is 12.2. The Labute approximate surface area is 106 Å². The van der Waals surface area contributed by atoms with Crippen LogP contribution in [0.5, 0.6) is 0 Å². The van der Waals surface area contributed by atoms with Crippen molar-refractivity contribution < 1.29 is 8.42 Å². The molecule has 0 heterocycles. The van der Waals surface area contributed by atoms with Gasteiger partial charge in [-0.2, -0.15) is 17.0 Å². The standard InChI is InChI=1S/C11H25N3O2S/c1-5-9-14(10-6-2)17(15,16)13(4)11-7-8-12-3/h5,12H,1,6-11H2,2-4H3. The molecule has 0 aliphatic heterocycles. The molecular formula is C11H25N3O2S. The Kier molecular flexibility index (Phi) is 8.41. The van der Waals surface area contributed by atoms with Crippen LogP contribution in [0.1, 0.15) is 19.8 Å². The lowest BCUT2D eigenvalue weighted by Crippen LogP contribution is -2.43. The average Bonchev–Trinajstić information content (AvgIpc) is 2.29. The van der Waals surface area contributed by atoms with E-state index in [1.54, 1.807) is 13.1 Å². The van der Waals surface area contributed by atoms with Crippen molar-refractivity contribution in [2.75, 3.05) is 40.3 Å². The van der Waals surface area contributed by atoms with Gasteiger partial charge in [0.2, 0.25) is 0 Å². The molecule has 0 aliphatic rings. The van der Waals surface area contributed by atoms with Gasteiger partial charge in [0.15, 0.2) is 0 Å². The highest BCUT2D eigenvalue weighted by molar-refractivity contribution is 7.86. The summed E-state index contributed by atoms with van der Waals surface area (Å²) in [4.78, 5) is 0. The molecule has 0 spiro atoms. The number of nitrogens with one attached hydrogen (secondary N) is 1. The Bertz CT molecular complexity index is 304. The Morgan fingerprint density at radius 2 is 2.00 bits per heavy atom. The predicted molar refractivity (Wildman–Crippen MR) is 72.2 cm³/mol. The molecule has 0 saturated heterocycles. The number of hydrogen-bond acceptors (Lipinski definition) is 3. The molecule has 0 saturated carbocycles. The van der Waals surface area contributed by atoms with Crippen LogP contribution < -0.4 is 5.32 Å². The van der Waals surface area contributed by atoms with Gasteiger partial charge in [0.1, 0.15) is 0 Å². The Hall–Kier alpha value is -0.430. The Balaban J connectivity index is 4.52. The van der Waals surface area contributed by atoms with Gasteiger partial charge in [-0.15, -0.1) is 6.58 Å². The minimum absolute atomic E-state index is 0.368. The zero-order chi connectivity index (χ0) is 13.3. The minimum Gasteiger partial charge on any atom is -0.320 e. The molecule has 0 aromatic carbocycles. The van der Waals surface area contributed by atoms with Crippen molar-refractivity contribution in [1.82, 2.24) is 13.9 Å². The Morgan fingerprint density at radius 1 is 1.35 bits per heavy atom. The summed E-state index contributed by atoms with van der Waals surface area (Å²) < 4.78 is 27.2. The predicted octanol–water partition coefficient (Wildman–Crippen LogP) is 0.671. The first-order valence-corrected chi connectivity index (χ1v) is 7.37. The summed E-state index contributed by atoms with van der Waals surface area (Å²) in [6.07, 6.45) is 3.23. The van der Waals surface area contributed by atoms with Crippen LogP contribution in [0.4, 0.5) is 0 Å². The summed E-state index contributed by atoms with van der Waals surface area (Å²) in [7, 11) is 0.140. The van der Waals surface area contributed by atoms with Gasteiger partial charge >= 0.3 is 0 Å². The lowest BCUT2D eigenvalue weighted by Gasteiger charge is -2.26. The van der Waals surface area contributed by atoms with Crippen LogP contribution in [0.2, 0.25) is 0 Å². The quantitative estimate of drug-likeness (QED) is 0.465. The molecule has 102 valence electrons. The molecule has 0 aromatic rings. The van der Waals surface area contributed by atoms with Crippen molar-refractivity contribution in [3.8, 4) is 0 Å². The third-order valence-corrected chi connectivity index (χ3v) is 4.38. The maximum atomic E-state index is 12.2. The second-order valence-corrected chi connectivity index (χ2v) is 5.97. The monoisotopic (exact) mass is 263 g/mol. The average molecular weight is 263 g/mol. The van der Waals surface area contributed by atoms with Crippen molar-refractivity contribution in [2.24, 2.45) is 0 Å². The molecule has 1 N–H and O–H groups in total. The van der Waals surface area contributed by atoms with E-state index in [2.05, 4.69) is 11.9 Å². The highest BCUT2D eigenvalue weighted by Gasteiger charge is 2.24. The van der Waals surface area contributed by atoms with Crippen molar-refractivity contribution in [2.45, 2.75) is 19.8 Å². The van der Waals surface area contributed by atoms with Crippen LogP contribution in [0.25, 0.3) is 0 Å². The molecule has 0 rings (SSSR count). The highest BCUT2D eigenvalue weighted by atomic mass is 32.2. The first-order chi connectivity index (χ1) is 8.00. The number of rotatable bonds is 10. The molecule has 6 heteroatoms. The maximum Gasteiger partial charge on any atom is 0.282 e. The van der Waals surface area contributed by atoms with Crippen molar-refractivity contribution >= 4 is 10.2 Å². The van der Waals surface area contributed by atoms with Gasteiger partial charge in [-0.05, 0) is 26.4 Å². The summed E-state index contributed by atoms with van der Waals surface area (Å²) in [5.41, 5.74) is 0. The molecule has 0 atom stereocenters. The second kappa shape index (κ2) is 8.63. The SMILES string of the molecule is C=CCN(CCC)S(=O)(=O)N(C)CCCNC. The summed E-state index contributed by atoms with van der Waals surface area (Å²) in [6.45, 7) is 7.80. The van der Waals surface area contributed by atoms with E-state index in [9.17, 15) is 8.42 Å². The van der Waals surface area contributed by atoms with E-state index in [0.717, 1.165) is 19.4 Å². The van der Waals surface area contributed by atoms with Crippen LogP contribution in [-0.4, -0.2) is 57.3 Å². The molecule has 17 heavy (non-hydrogen) atoms. The van der Waals surface area contributed by atoms with Gasteiger partial charge < -0.3 is 5.32 Å². The minimum atomic E-state index is -3.34. The zero-order valence-corrected chi connectivity index (χ0v) is 12.0. The molecule has 0 fully saturated rings. The van der Waals surface area contributed by atoms with Crippen LogP contribution in [0, 0.1) is 0 Å². The summed E-state index contributed by atoms with van der Waals surface area (Å²) in [6, 6.07) is 0. The molecule has 0 aromatic heterocycles.